The molecule has 21 heavy (non-hydrogen) atoms. The Kier molecular flexibility index (Phi) is 4.76. The van der Waals surface area contributed by atoms with Crippen LogP contribution in [0.5, 0.6) is 11.5 Å². The van der Waals surface area contributed by atoms with E-state index in [1.807, 2.05) is 6.07 Å². The van der Waals surface area contributed by atoms with E-state index in [-0.39, 0.29) is 5.54 Å². The third-order valence-electron chi connectivity index (χ3n) is 3.55. The zero-order chi connectivity index (χ0) is 15.5. The lowest BCUT2D eigenvalue weighted by Crippen LogP contribution is -2.17. The lowest BCUT2D eigenvalue weighted by atomic mass is 10.0. The van der Waals surface area contributed by atoms with Crippen molar-refractivity contribution in [2.75, 3.05) is 20.8 Å². The Hall–Kier alpha value is -1.71. The minimum Gasteiger partial charge on any atom is -0.493 e. The van der Waals surface area contributed by atoms with E-state index in [1.54, 1.807) is 14.2 Å². The highest BCUT2D eigenvalue weighted by Gasteiger charge is 2.29. The zero-order valence-corrected chi connectivity index (χ0v) is 13.7. The third-order valence-corrected chi connectivity index (χ3v) is 3.55. The molecule has 0 saturated carbocycles. The predicted octanol–water partition coefficient (Wildman–Crippen LogP) is 3.60. The van der Waals surface area contributed by atoms with Gasteiger partial charge in [0.25, 0.3) is 0 Å². The molecule has 1 aromatic carbocycles. The molecule has 0 aliphatic carbocycles. The smallest absolute Gasteiger partial charge is 0.220 e. The summed E-state index contributed by atoms with van der Waals surface area (Å²) in [7, 11) is 3.31. The standard InChI is InChI=1S/C17H25NO3/c1-6-7-8-12-9-13(15(20-5)14(10-12)19-4)16-18-17(2,3)11-21-16/h9-10H,6-8,11H2,1-5H3. The van der Waals surface area contributed by atoms with Crippen molar-refractivity contribution in [1.29, 1.82) is 0 Å². The lowest BCUT2D eigenvalue weighted by Gasteiger charge is -2.14. The monoisotopic (exact) mass is 291 g/mol. The Morgan fingerprint density at radius 1 is 1.24 bits per heavy atom. The molecule has 116 valence electrons. The Bertz CT molecular complexity index is 535. The number of ether oxygens (including phenoxy) is 3. The maximum atomic E-state index is 5.77. The fourth-order valence-electron chi connectivity index (χ4n) is 2.43. The fraction of sp³-hybridized carbons (Fsp3) is 0.588. The highest BCUT2D eigenvalue weighted by atomic mass is 16.5. The van der Waals surface area contributed by atoms with Crippen LogP contribution in [0, 0.1) is 0 Å². The molecule has 0 unspecified atom stereocenters. The molecule has 0 bridgehead atoms. The highest BCUT2D eigenvalue weighted by molar-refractivity contribution is 5.99. The second-order valence-electron chi connectivity index (χ2n) is 6.00. The molecule has 4 heteroatoms. The van der Waals surface area contributed by atoms with Crippen LogP contribution >= 0.6 is 0 Å². The normalized spacial score (nSPS) is 16.3. The number of unbranched alkanes of at least 4 members (excludes halogenated alkanes) is 1. The van der Waals surface area contributed by atoms with Gasteiger partial charge in [0, 0.05) is 0 Å². The number of methoxy groups -OCH3 is 2. The van der Waals surface area contributed by atoms with Crippen LogP contribution in [-0.4, -0.2) is 32.3 Å². The molecule has 2 rings (SSSR count). The molecule has 0 fully saturated rings. The van der Waals surface area contributed by atoms with Gasteiger partial charge in [-0.3, -0.25) is 0 Å². The van der Waals surface area contributed by atoms with Gasteiger partial charge in [0.1, 0.15) is 6.61 Å². The Morgan fingerprint density at radius 2 is 2.00 bits per heavy atom. The summed E-state index contributed by atoms with van der Waals surface area (Å²) in [5.41, 5.74) is 1.92. The third kappa shape index (κ3) is 3.49. The van der Waals surface area contributed by atoms with E-state index in [0.29, 0.717) is 18.3 Å². The minimum atomic E-state index is -0.187. The van der Waals surface area contributed by atoms with E-state index < -0.39 is 0 Å². The number of rotatable bonds is 6. The highest BCUT2D eigenvalue weighted by Crippen LogP contribution is 2.35. The summed E-state index contributed by atoms with van der Waals surface area (Å²) < 4.78 is 16.8. The quantitative estimate of drug-likeness (QED) is 0.804. The summed E-state index contributed by atoms with van der Waals surface area (Å²) >= 11 is 0. The molecular formula is C17H25NO3. The zero-order valence-electron chi connectivity index (χ0n) is 13.7. The van der Waals surface area contributed by atoms with Gasteiger partial charge in [-0.15, -0.1) is 0 Å². The fourth-order valence-corrected chi connectivity index (χ4v) is 2.43. The SMILES string of the molecule is CCCCc1cc(OC)c(OC)c(C2=NC(C)(C)CO2)c1. The number of aryl methyl sites for hydroxylation is 1. The number of benzene rings is 1. The second kappa shape index (κ2) is 6.37. The van der Waals surface area contributed by atoms with E-state index in [0.717, 1.165) is 30.6 Å². The molecule has 1 heterocycles. The minimum absolute atomic E-state index is 0.187. The van der Waals surface area contributed by atoms with Crippen molar-refractivity contribution in [2.45, 2.75) is 45.6 Å². The molecule has 0 saturated heterocycles. The molecule has 0 radical (unpaired) electrons. The van der Waals surface area contributed by atoms with Crippen molar-refractivity contribution >= 4 is 5.90 Å². The number of hydrogen-bond acceptors (Lipinski definition) is 4. The average molecular weight is 291 g/mol. The predicted molar refractivity (Wildman–Crippen MR) is 84.7 cm³/mol. The van der Waals surface area contributed by atoms with Gasteiger partial charge in [-0.2, -0.15) is 0 Å². The molecule has 0 N–H and O–H groups in total. The molecule has 0 atom stereocenters. The van der Waals surface area contributed by atoms with Crippen LogP contribution in [0.15, 0.2) is 17.1 Å². The van der Waals surface area contributed by atoms with Crippen molar-refractivity contribution in [3.05, 3.63) is 23.3 Å². The number of aliphatic imine (C=N–C) groups is 1. The van der Waals surface area contributed by atoms with Crippen LogP contribution in [-0.2, 0) is 11.2 Å². The molecular weight excluding hydrogens is 266 g/mol. The summed E-state index contributed by atoms with van der Waals surface area (Å²) in [6, 6.07) is 4.15. The van der Waals surface area contributed by atoms with Gasteiger partial charge in [-0.25, -0.2) is 4.99 Å². The first-order valence-electron chi connectivity index (χ1n) is 7.48. The largest absolute Gasteiger partial charge is 0.493 e. The van der Waals surface area contributed by atoms with Gasteiger partial charge in [-0.1, -0.05) is 13.3 Å². The molecule has 1 aromatic rings. The van der Waals surface area contributed by atoms with Gasteiger partial charge < -0.3 is 14.2 Å². The van der Waals surface area contributed by atoms with Crippen molar-refractivity contribution < 1.29 is 14.2 Å². The average Bonchev–Trinajstić information content (AvgIpc) is 2.83. The maximum Gasteiger partial charge on any atom is 0.220 e. The Balaban J connectivity index is 2.46. The molecule has 4 nitrogen and oxygen atoms in total. The van der Waals surface area contributed by atoms with Crippen LogP contribution in [0.2, 0.25) is 0 Å². The number of hydrogen-bond donors (Lipinski definition) is 0. The van der Waals surface area contributed by atoms with Crippen LogP contribution < -0.4 is 9.47 Å². The van der Waals surface area contributed by atoms with Crippen molar-refractivity contribution in [3.63, 3.8) is 0 Å². The van der Waals surface area contributed by atoms with Gasteiger partial charge in [0.15, 0.2) is 11.5 Å². The van der Waals surface area contributed by atoms with Crippen LogP contribution in [0.3, 0.4) is 0 Å². The van der Waals surface area contributed by atoms with Gasteiger partial charge in [0.05, 0.1) is 25.3 Å². The van der Waals surface area contributed by atoms with Crippen LogP contribution in [0.4, 0.5) is 0 Å². The molecule has 0 aromatic heterocycles. The first-order chi connectivity index (χ1) is 10.0. The van der Waals surface area contributed by atoms with Gasteiger partial charge in [0.2, 0.25) is 5.90 Å². The van der Waals surface area contributed by atoms with Gasteiger partial charge in [-0.05, 0) is 44.4 Å². The molecule has 0 amide bonds. The molecule has 1 aliphatic heterocycles. The van der Waals surface area contributed by atoms with Crippen molar-refractivity contribution in [1.82, 2.24) is 0 Å². The lowest BCUT2D eigenvalue weighted by molar-refractivity contribution is 0.278. The van der Waals surface area contributed by atoms with E-state index in [4.69, 9.17) is 14.2 Å². The first kappa shape index (κ1) is 15.7. The number of nitrogens with zero attached hydrogens (tertiary/aromatic N) is 1. The topological polar surface area (TPSA) is 40.0 Å². The van der Waals surface area contributed by atoms with Crippen molar-refractivity contribution in [2.24, 2.45) is 4.99 Å². The summed E-state index contributed by atoms with van der Waals surface area (Å²) in [6.07, 6.45) is 3.32. The summed E-state index contributed by atoms with van der Waals surface area (Å²) in [4.78, 5) is 4.65. The van der Waals surface area contributed by atoms with Crippen molar-refractivity contribution in [3.8, 4) is 11.5 Å². The van der Waals surface area contributed by atoms with E-state index in [2.05, 4.69) is 31.8 Å². The van der Waals surface area contributed by atoms with E-state index >= 15 is 0 Å². The molecule has 0 spiro atoms. The summed E-state index contributed by atoms with van der Waals surface area (Å²) in [6.45, 7) is 6.90. The van der Waals surface area contributed by atoms with E-state index in [9.17, 15) is 0 Å². The second-order valence-corrected chi connectivity index (χ2v) is 6.00. The van der Waals surface area contributed by atoms with Crippen LogP contribution in [0.25, 0.3) is 0 Å². The first-order valence-corrected chi connectivity index (χ1v) is 7.48. The summed E-state index contributed by atoms with van der Waals surface area (Å²) in [5.74, 6) is 2.07. The molecule has 1 aliphatic rings. The summed E-state index contributed by atoms with van der Waals surface area (Å²) in [5, 5.41) is 0. The van der Waals surface area contributed by atoms with E-state index in [1.165, 1.54) is 5.56 Å². The maximum absolute atomic E-state index is 5.77. The Morgan fingerprint density at radius 3 is 2.52 bits per heavy atom. The Labute approximate surface area is 127 Å². The van der Waals surface area contributed by atoms with Gasteiger partial charge >= 0.3 is 0 Å². The van der Waals surface area contributed by atoms with Crippen LogP contribution in [0.1, 0.15) is 44.7 Å².